The Labute approximate surface area is 50.6 Å². The Kier molecular flexibility index (Phi) is 0.588. The maximum atomic E-state index is 2.32. The predicted molar refractivity (Wildman–Crippen MR) is 34.5 cm³/mol. The Morgan fingerprint density at radius 2 is 1.88 bits per heavy atom. The van der Waals surface area contributed by atoms with Crippen molar-refractivity contribution in [3.05, 3.63) is 11.1 Å². The van der Waals surface area contributed by atoms with Crippen molar-refractivity contribution in [3.8, 4) is 0 Å². The first kappa shape index (κ1) is 4.60. The summed E-state index contributed by atoms with van der Waals surface area (Å²) in [4.78, 5) is 0. The third-order valence-corrected chi connectivity index (χ3v) is 2.50. The average Bonchev–Trinajstić information content (AvgIpc) is 2.45. The van der Waals surface area contributed by atoms with Crippen molar-refractivity contribution in [1.82, 2.24) is 0 Å². The second-order valence-corrected chi connectivity index (χ2v) is 3.39. The van der Waals surface area contributed by atoms with Crippen LogP contribution in [0.2, 0.25) is 0 Å². The summed E-state index contributed by atoms with van der Waals surface area (Å²) >= 11 is 0. The Hall–Kier alpha value is -0.260. The number of hydrogen-bond acceptors (Lipinski definition) is 0. The molecule has 0 nitrogen and oxygen atoms in total. The number of rotatable bonds is 1. The minimum atomic E-state index is 0.915. The first-order valence-electron chi connectivity index (χ1n) is 3.44. The van der Waals surface area contributed by atoms with E-state index in [1.807, 2.05) is 0 Å². The fourth-order valence-corrected chi connectivity index (χ4v) is 1.84. The van der Waals surface area contributed by atoms with Gasteiger partial charge in [0, 0.05) is 5.92 Å². The van der Waals surface area contributed by atoms with E-state index in [4.69, 9.17) is 0 Å². The van der Waals surface area contributed by atoms with Crippen LogP contribution in [0.1, 0.15) is 20.8 Å². The second kappa shape index (κ2) is 1.02. The third kappa shape index (κ3) is 0.331. The highest BCUT2D eigenvalue weighted by atomic mass is 14.6. The maximum absolute atomic E-state index is 2.32. The van der Waals surface area contributed by atoms with E-state index in [1.54, 1.807) is 11.1 Å². The molecular formula is C8H12. The van der Waals surface area contributed by atoms with Crippen molar-refractivity contribution in [2.24, 2.45) is 17.8 Å². The quantitative estimate of drug-likeness (QED) is 0.452. The minimum absolute atomic E-state index is 0.915. The molecule has 0 saturated heterocycles. The van der Waals surface area contributed by atoms with E-state index in [1.165, 1.54) is 0 Å². The van der Waals surface area contributed by atoms with Gasteiger partial charge in [0.05, 0.1) is 0 Å². The van der Waals surface area contributed by atoms with Crippen molar-refractivity contribution >= 4 is 0 Å². The molecular weight excluding hydrogens is 96.1 g/mol. The van der Waals surface area contributed by atoms with Gasteiger partial charge in [-0.15, -0.1) is 0 Å². The lowest BCUT2D eigenvalue weighted by molar-refractivity contribution is 0.531. The first-order chi connectivity index (χ1) is 3.73. The summed E-state index contributed by atoms with van der Waals surface area (Å²) < 4.78 is 0. The monoisotopic (exact) mass is 108 g/mol. The van der Waals surface area contributed by atoms with E-state index in [9.17, 15) is 0 Å². The molecule has 0 N–H and O–H groups in total. The zero-order valence-electron chi connectivity index (χ0n) is 5.73. The van der Waals surface area contributed by atoms with Gasteiger partial charge in [0.15, 0.2) is 0 Å². The molecule has 1 saturated carbocycles. The van der Waals surface area contributed by atoms with E-state index < -0.39 is 0 Å². The number of hydrogen-bond donors (Lipinski definition) is 0. The lowest BCUT2D eigenvalue weighted by Crippen LogP contribution is -1.95. The molecule has 2 aliphatic rings. The summed E-state index contributed by atoms with van der Waals surface area (Å²) in [5.41, 5.74) is 3.49. The van der Waals surface area contributed by atoms with Crippen LogP contribution in [-0.2, 0) is 0 Å². The second-order valence-electron chi connectivity index (χ2n) is 3.39. The highest BCUT2D eigenvalue weighted by Crippen LogP contribution is 2.69. The number of fused-ring (bicyclic) bond motifs is 1. The summed E-state index contributed by atoms with van der Waals surface area (Å²) in [5.74, 6) is 2.95. The van der Waals surface area contributed by atoms with Crippen LogP contribution in [-0.4, -0.2) is 0 Å². The van der Waals surface area contributed by atoms with Gasteiger partial charge >= 0.3 is 0 Å². The SMILES string of the molecule is CC1=C2C1C2C(C)C. The van der Waals surface area contributed by atoms with Crippen LogP contribution in [0.5, 0.6) is 0 Å². The van der Waals surface area contributed by atoms with Crippen molar-refractivity contribution < 1.29 is 0 Å². The molecule has 2 atom stereocenters. The molecule has 0 heterocycles. The van der Waals surface area contributed by atoms with E-state index >= 15 is 0 Å². The predicted octanol–water partition coefficient (Wildman–Crippen LogP) is 2.22. The summed E-state index contributed by atoms with van der Waals surface area (Å²) in [6.45, 7) is 6.90. The topological polar surface area (TPSA) is 0 Å². The standard InChI is InChI=1S/C8H12/c1-4(2)6-7-5(3)8(6)7/h4,6-7H,1-3H3. The first-order valence-corrected chi connectivity index (χ1v) is 3.44. The third-order valence-electron chi connectivity index (χ3n) is 2.50. The molecule has 1 fully saturated rings. The van der Waals surface area contributed by atoms with Crippen molar-refractivity contribution in [3.63, 3.8) is 0 Å². The fourth-order valence-electron chi connectivity index (χ4n) is 1.84. The van der Waals surface area contributed by atoms with Gasteiger partial charge in [-0.2, -0.15) is 0 Å². The van der Waals surface area contributed by atoms with E-state index in [-0.39, 0.29) is 0 Å². The van der Waals surface area contributed by atoms with E-state index in [0.717, 1.165) is 17.8 Å². The molecule has 0 aromatic rings. The van der Waals surface area contributed by atoms with Crippen molar-refractivity contribution in [2.75, 3.05) is 0 Å². The molecule has 0 amide bonds. The Morgan fingerprint density at radius 1 is 1.38 bits per heavy atom. The van der Waals surface area contributed by atoms with Crippen LogP contribution in [0.25, 0.3) is 0 Å². The molecule has 44 valence electrons. The molecule has 2 unspecified atom stereocenters. The van der Waals surface area contributed by atoms with Crippen molar-refractivity contribution in [1.29, 1.82) is 0 Å². The number of allylic oxidation sites excluding steroid dienone is 2. The van der Waals surface area contributed by atoms with E-state index in [0.29, 0.717) is 0 Å². The Balaban J connectivity index is 2.03. The summed E-state index contributed by atoms with van der Waals surface area (Å²) in [5, 5.41) is 0. The molecule has 0 bridgehead atoms. The molecule has 0 radical (unpaired) electrons. The Morgan fingerprint density at radius 3 is 2.00 bits per heavy atom. The highest BCUT2D eigenvalue weighted by Gasteiger charge is 2.59. The zero-order chi connectivity index (χ0) is 5.89. The van der Waals surface area contributed by atoms with Crippen LogP contribution >= 0.6 is 0 Å². The van der Waals surface area contributed by atoms with Crippen LogP contribution in [0, 0.1) is 17.8 Å². The van der Waals surface area contributed by atoms with Gasteiger partial charge < -0.3 is 0 Å². The van der Waals surface area contributed by atoms with Gasteiger partial charge in [-0.3, -0.25) is 0 Å². The van der Waals surface area contributed by atoms with Gasteiger partial charge in [0.25, 0.3) is 0 Å². The van der Waals surface area contributed by atoms with Gasteiger partial charge in [-0.05, 0) is 18.8 Å². The maximum Gasteiger partial charge on any atom is 0.00815 e. The van der Waals surface area contributed by atoms with Crippen LogP contribution in [0.3, 0.4) is 0 Å². The molecule has 0 aromatic heterocycles. The summed E-state index contributed by atoms with van der Waals surface area (Å²) in [6, 6.07) is 0. The molecule has 0 aliphatic heterocycles. The van der Waals surface area contributed by atoms with Gasteiger partial charge in [-0.25, -0.2) is 0 Å². The molecule has 0 aromatic carbocycles. The fraction of sp³-hybridized carbons (Fsp3) is 0.750. The zero-order valence-corrected chi connectivity index (χ0v) is 5.73. The Bertz CT molecular complexity index is 163. The van der Waals surface area contributed by atoms with E-state index in [2.05, 4.69) is 20.8 Å². The molecule has 0 heteroatoms. The van der Waals surface area contributed by atoms with Crippen LogP contribution in [0.4, 0.5) is 0 Å². The smallest absolute Gasteiger partial charge is 0.00815 e. The van der Waals surface area contributed by atoms with Gasteiger partial charge in [0.2, 0.25) is 0 Å². The largest absolute Gasteiger partial charge is 0.0654 e. The van der Waals surface area contributed by atoms with Crippen LogP contribution < -0.4 is 0 Å². The normalized spacial score (nSPS) is 40.5. The molecule has 0 spiro atoms. The molecule has 2 rings (SSSR count). The molecule has 8 heavy (non-hydrogen) atoms. The van der Waals surface area contributed by atoms with Crippen molar-refractivity contribution in [2.45, 2.75) is 20.8 Å². The molecule has 2 aliphatic carbocycles. The van der Waals surface area contributed by atoms with Crippen LogP contribution in [0.15, 0.2) is 11.1 Å². The van der Waals surface area contributed by atoms with Gasteiger partial charge in [0.1, 0.15) is 0 Å². The average molecular weight is 108 g/mol. The summed E-state index contributed by atoms with van der Waals surface area (Å²) in [7, 11) is 0. The lowest BCUT2D eigenvalue weighted by atomic mass is 10.0. The van der Waals surface area contributed by atoms with Gasteiger partial charge in [-0.1, -0.05) is 25.0 Å². The minimum Gasteiger partial charge on any atom is -0.0654 e. The highest BCUT2D eigenvalue weighted by molar-refractivity contribution is 5.58. The summed E-state index contributed by atoms with van der Waals surface area (Å²) in [6.07, 6.45) is 0. The lowest BCUT2D eigenvalue weighted by Gasteiger charge is -2.03.